The molecule has 1 amide bonds. The molecule has 0 atom stereocenters. The average molecular weight is 410 g/mol. The minimum absolute atomic E-state index is 0.221. The normalized spacial score (nSPS) is 14.2. The van der Waals surface area contributed by atoms with Crippen molar-refractivity contribution in [1.82, 2.24) is 19.7 Å². The summed E-state index contributed by atoms with van der Waals surface area (Å²) in [5, 5.41) is 11.2. The maximum atomic E-state index is 12.8. The summed E-state index contributed by atoms with van der Waals surface area (Å²) in [6, 6.07) is 11.2. The maximum Gasteiger partial charge on any atom is 0.273 e. The van der Waals surface area contributed by atoms with Crippen LogP contribution < -0.4 is 5.32 Å². The number of carbonyl (C=O) groups excluding carboxylic acids is 1. The number of benzene rings is 1. The number of nitrogens with one attached hydrogen (secondary N) is 1. The fourth-order valence-electron chi connectivity index (χ4n) is 3.22. The standard InChI is InChI=1S/C24H22N6O/c1-3-18(20-7-5-11-26-14-20)13-22(25-2)24(31)28-21-8-4-6-19(12-21)23-29-27-16-30(23)15-17-9-10-17/h1,4-8,11-14,16-17H,9-10,15H2,2H3,(H,28,31). The number of hydrogen-bond donors (Lipinski definition) is 1. The highest BCUT2D eigenvalue weighted by atomic mass is 16.1. The number of allylic oxidation sites excluding steroid dienone is 1. The highest BCUT2D eigenvalue weighted by molar-refractivity contribution is 6.48. The van der Waals surface area contributed by atoms with Crippen molar-refractivity contribution < 1.29 is 4.79 Å². The molecular formula is C24H22N6O. The van der Waals surface area contributed by atoms with Gasteiger partial charge in [-0.15, -0.1) is 16.6 Å². The predicted octanol–water partition coefficient (Wildman–Crippen LogP) is 3.48. The summed E-state index contributed by atoms with van der Waals surface area (Å²) < 4.78 is 2.06. The first kappa shape index (κ1) is 20.2. The van der Waals surface area contributed by atoms with Gasteiger partial charge in [-0.3, -0.25) is 14.8 Å². The quantitative estimate of drug-likeness (QED) is 0.477. The minimum atomic E-state index is -0.351. The van der Waals surface area contributed by atoms with E-state index in [1.807, 2.05) is 30.3 Å². The van der Waals surface area contributed by atoms with E-state index in [9.17, 15) is 4.79 Å². The Hall–Kier alpha value is -4.05. The molecule has 2 aromatic heterocycles. The van der Waals surface area contributed by atoms with Crippen LogP contribution in [0.5, 0.6) is 0 Å². The van der Waals surface area contributed by atoms with Gasteiger partial charge < -0.3 is 9.88 Å². The monoisotopic (exact) mass is 410 g/mol. The SMILES string of the molecule is C#CC(=CC(=NC)C(=O)Nc1cccc(-c2nncn2CC2CC2)c1)c1cccnc1. The number of anilines is 1. The van der Waals surface area contributed by atoms with Crippen LogP contribution in [0, 0.1) is 18.3 Å². The van der Waals surface area contributed by atoms with Crippen LogP contribution in [0.4, 0.5) is 5.69 Å². The molecule has 154 valence electrons. The first-order chi connectivity index (χ1) is 15.2. The van der Waals surface area contributed by atoms with Crippen LogP contribution in [0.25, 0.3) is 17.0 Å². The van der Waals surface area contributed by atoms with E-state index < -0.39 is 0 Å². The summed E-state index contributed by atoms with van der Waals surface area (Å²) in [6.07, 6.45) is 14.8. The molecule has 1 saturated carbocycles. The fraction of sp³-hybridized carbons (Fsp3) is 0.208. The number of amides is 1. The maximum absolute atomic E-state index is 12.8. The van der Waals surface area contributed by atoms with Crippen LogP contribution in [0.2, 0.25) is 0 Å². The third-order valence-electron chi connectivity index (χ3n) is 5.03. The van der Waals surface area contributed by atoms with E-state index >= 15 is 0 Å². The van der Waals surface area contributed by atoms with E-state index in [1.54, 1.807) is 37.9 Å². The largest absolute Gasteiger partial charge is 0.321 e. The number of aromatic nitrogens is 4. The molecule has 0 bridgehead atoms. The zero-order valence-electron chi connectivity index (χ0n) is 17.2. The molecule has 0 saturated heterocycles. The van der Waals surface area contributed by atoms with Crippen molar-refractivity contribution in [3.63, 3.8) is 0 Å². The van der Waals surface area contributed by atoms with Crippen molar-refractivity contribution in [1.29, 1.82) is 0 Å². The number of aliphatic imine (C=N–C) groups is 1. The van der Waals surface area contributed by atoms with Crippen LogP contribution in [0.1, 0.15) is 18.4 Å². The summed E-state index contributed by atoms with van der Waals surface area (Å²) in [6.45, 7) is 0.916. The lowest BCUT2D eigenvalue weighted by Crippen LogP contribution is -2.21. The van der Waals surface area contributed by atoms with Gasteiger partial charge in [0, 0.05) is 48.4 Å². The van der Waals surface area contributed by atoms with Crippen molar-refractivity contribution in [2.45, 2.75) is 19.4 Å². The number of terminal acetylenes is 1. The Morgan fingerprint density at radius 2 is 2.23 bits per heavy atom. The number of nitrogens with zero attached hydrogens (tertiary/aromatic N) is 5. The molecule has 0 unspecified atom stereocenters. The molecule has 0 spiro atoms. The molecule has 31 heavy (non-hydrogen) atoms. The molecule has 0 aliphatic heterocycles. The van der Waals surface area contributed by atoms with Crippen molar-refractivity contribution in [3.05, 3.63) is 66.8 Å². The van der Waals surface area contributed by atoms with Crippen molar-refractivity contribution in [2.75, 3.05) is 12.4 Å². The molecule has 7 heteroatoms. The van der Waals surface area contributed by atoms with E-state index in [0.717, 1.165) is 23.5 Å². The third kappa shape index (κ3) is 4.93. The lowest BCUT2D eigenvalue weighted by atomic mass is 10.1. The Balaban J connectivity index is 1.53. The Bertz CT molecular complexity index is 1180. The molecule has 4 rings (SSSR count). The van der Waals surface area contributed by atoms with Crippen molar-refractivity contribution in [2.24, 2.45) is 10.9 Å². The molecule has 1 aliphatic carbocycles. The molecule has 7 nitrogen and oxygen atoms in total. The van der Waals surface area contributed by atoms with E-state index in [0.29, 0.717) is 17.2 Å². The van der Waals surface area contributed by atoms with Crippen LogP contribution in [-0.2, 0) is 11.3 Å². The molecule has 2 heterocycles. The number of pyridine rings is 1. The summed E-state index contributed by atoms with van der Waals surface area (Å²) in [5.41, 5.74) is 3.03. The van der Waals surface area contributed by atoms with Gasteiger partial charge >= 0.3 is 0 Å². The fourth-order valence-corrected chi connectivity index (χ4v) is 3.22. The van der Waals surface area contributed by atoms with Gasteiger partial charge in [0.2, 0.25) is 0 Å². The van der Waals surface area contributed by atoms with Crippen LogP contribution in [-0.4, -0.2) is 38.4 Å². The molecule has 1 fully saturated rings. The van der Waals surface area contributed by atoms with E-state index in [4.69, 9.17) is 6.42 Å². The molecule has 0 radical (unpaired) electrons. The minimum Gasteiger partial charge on any atom is -0.321 e. The molecule has 1 aliphatic rings. The Morgan fingerprint density at radius 1 is 1.35 bits per heavy atom. The van der Waals surface area contributed by atoms with Gasteiger partial charge in [-0.2, -0.15) is 0 Å². The summed E-state index contributed by atoms with van der Waals surface area (Å²) in [7, 11) is 1.56. The zero-order valence-corrected chi connectivity index (χ0v) is 17.2. The van der Waals surface area contributed by atoms with Crippen LogP contribution >= 0.6 is 0 Å². The second-order valence-corrected chi connectivity index (χ2v) is 7.34. The topological polar surface area (TPSA) is 85.1 Å². The van der Waals surface area contributed by atoms with Gasteiger partial charge in [0.05, 0.1) is 0 Å². The molecule has 3 aromatic rings. The van der Waals surface area contributed by atoms with Gasteiger partial charge in [0.25, 0.3) is 5.91 Å². The Kier molecular flexibility index (Phi) is 5.99. The van der Waals surface area contributed by atoms with Gasteiger partial charge in [-0.05, 0) is 43.0 Å². The highest BCUT2D eigenvalue weighted by Crippen LogP contribution is 2.32. The predicted molar refractivity (Wildman–Crippen MR) is 121 cm³/mol. The third-order valence-corrected chi connectivity index (χ3v) is 5.03. The van der Waals surface area contributed by atoms with Crippen LogP contribution in [0.15, 0.2) is 66.2 Å². The van der Waals surface area contributed by atoms with E-state index in [1.165, 1.54) is 12.8 Å². The first-order valence-corrected chi connectivity index (χ1v) is 10.0. The smallest absolute Gasteiger partial charge is 0.273 e. The Morgan fingerprint density at radius 3 is 2.94 bits per heavy atom. The number of carbonyl (C=O) groups is 1. The highest BCUT2D eigenvalue weighted by Gasteiger charge is 2.23. The Labute approximate surface area is 181 Å². The second-order valence-electron chi connectivity index (χ2n) is 7.34. The second kappa shape index (κ2) is 9.18. The van der Waals surface area contributed by atoms with Gasteiger partial charge in [-0.1, -0.05) is 24.1 Å². The van der Waals surface area contributed by atoms with Crippen LogP contribution in [0.3, 0.4) is 0 Å². The summed E-state index contributed by atoms with van der Waals surface area (Å²) in [4.78, 5) is 21.0. The van der Waals surface area contributed by atoms with E-state index in [2.05, 4.69) is 36.0 Å². The van der Waals surface area contributed by atoms with Crippen molar-refractivity contribution >= 4 is 22.9 Å². The van der Waals surface area contributed by atoms with Crippen molar-refractivity contribution in [3.8, 4) is 23.7 Å². The summed E-state index contributed by atoms with van der Waals surface area (Å²) >= 11 is 0. The number of hydrogen-bond acceptors (Lipinski definition) is 5. The van der Waals surface area contributed by atoms with Gasteiger partial charge in [0.15, 0.2) is 5.82 Å². The lowest BCUT2D eigenvalue weighted by molar-refractivity contribution is -0.110. The number of rotatable bonds is 7. The van der Waals surface area contributed by atoms with E-state index in [-0.39, 0.29) is 11.6 Å². The average Bonchev–Trinajstić information content (AvgIpc) is 3.49. The zero-order chi connectivity index (χ0) is 21.6. The van der Waals surface area contributed by atoms with Gasteiger partial charge in [0.1, 0.15) is 12.0 Å². The molecule has 1 aromatic carbocycles. The van der Waals surface area contributed by atoms with Gasteiger partial charge in [-0.25, -0.2) is 0 Å². The lowest BCUT2D eigenvalue weighted by Gasteiger charge is -2.09. The molecular weight excluding hydrogens is 388 g/mol. The first-order valence-electron chi connectivity index (χ1n) is 10.0. The molecule has 1 N–H and O–H groups in total. The summed E-state index contributed by atoms with van der Waals surface area (Å²) in [5.74, 6) is 3.74.